The lowest BCUT2D eigenvalue weighted by Gasteiger charge is -2.06. The van der Waals surface area contributed by atoms with Crippen molar-refractivity contribution in [1.29, 1.82) is 0 Å². The third-order valence-corrected chi connectivity index (χ3v) is 5.10. The number of ether oxygens (including phenoxy) is 1. The minimum absolute atomic E-state index is 0.107. The summed E-state index contributed by atoms with van der Waals surface area (Å²) in [7, 11) is 1.77. The largest absolute Gasteiger partial charge is 0.462 e. The Bertz CT molecular complexity index is 1030. The van der Waals surface area contributed by atoms with Crippen molar-refractivity contribution in [3.63, 3.8) is 0 Å². The second kappa shape index (κ2) is 6.64. The predicted octanol–water partition coefficient (Wildman–Crippen LogP) is 2.16. The van der Waals surface area contributed by atoms with E-state index < -0.39 is 5.97 Å². The molecule has 8 heteroatoms. The number of thiophene rings is 1. The van der Waals surface area contributed by atoms with Crippen LogP contribution in [-0.2, 0) is 18.3 Å². The molecule has 0 spiro atoms. The Morgan fingerprint density at radius 3 is 2.76 bits per heavy atom. The topological polar surface area (TPSA) is 83.2 Å². The number of rotatable bonds is 5. The van der Waals surface area contributed by atoms with Crippen LogP contribution in [-0.4, -0.2) is 32.5 Å². The number of hydrogen-bond acceptors (Lipinski definition) is 6. The molecule has 0 saturated heterocycles. The molecular formula is C17H17N3O4S. The Balaban J connectivity index is 2.01. The smallest absolute Gasteiger partial charge is 0.348 e. The van der Waals surface area contributed by atoms with Crippen LogP contribution in [0.4, 0.5) is 0 Å². The molecule has 130 valence electrons. The zero-order chi connectivity index (χ0) is 18.1. The zero-order valence-corrected chi connectivity index (χ0v) is 14.9. The number of Topliss-reactive ketones (excluding diaryl/α,β-unsaturated/α-hetero) is 1. The van der Waals surface area contributed by atoms with Crippen molar-refractivity contribution in [3.05, 3.63) is 51.1 Å². The van der Waals surface area contributed by atoms with Gasteiger partial charge in [-0.05, 0) is 31.5 Å². The summed E-state index contributed by atoms with van der Waals surface area (Å²) in [6.07, 6.45) is 3.11. The first-order valence-corrected chi connectivity index (χ1v) is 8.55. The molecule has 3 aromatic rings. The van der Waals surface area contributed by atoms with Crippen molar-refractivity contribution in [2.24, 2.45) is 7.05 Å². The normalized spacial score (nSPS) is 11.0. The highest BCUT2D eigenvalue weighted by atomic mass is 32.1. The van der Waals surface area contributed by atoms with Gasteiger partial charge in [0.1, 0.15) is 9.71 Å². The van der Waals surface area contributed by atoms with Crippen molar-refractivity contribution in [2.75, 3.05) is 6.61 Å². The fourth-order valence-electron chi connectivity index (χ4n) is 2.65. The molecule has 0 bridgehead atoms. The number of ketones is 1. The third-order valence-electron chi connectivity index (χ3n) is 3.92. The summed E-state index contributed by atoms with van der Waals surface area (Å²) in [5.41, 5.74) is 0.717. The van der Waals surface area contributed by atoms with E-state index in [4.69, 9.17) is 4.74 Å². The quantitative estimate of drug-likeness (QED) is 0.515. The molecule has 0 radical (unpaired) electrons. The molecule has 3 aromatic heterocycles. The number of carbonyl (C=O) groups excluding carboxylic acids is 2. The maximum atomic E-state index is 12.8. The SMILES string of the molecule is CCOC(=O)c1sc2ncn(CC(=O)c3cccn3C)c(=O)c2c1C. The number of aryl methyl sites for hydroxylation is 2. The molecule has 0 amide bonds. The fourth-order valence-corrected chi connectivity index (χ4v) is 3.68. The van der Waals surface area contributed by atoms with Crippen molar-refractivity contribution in [1.82, 2.24) is 14.1 Å². The molecule has 0 saturated carbocycles. The highest BCUT2D eigenvalue weighted by molar-refractivity contribution is 7.20. The molecule has 0 unspecified atom stereocenters. The Morgan fingerprint density at radius 1 is 1.36 bits per heavy atom. The molecule has 3 heterocycles. The summed E-state index contributed by atoms with van der Waals surface area (Å²) in [6, 6.07) is 3.47. The summed E-state index contributed by atoms with van der Waals surface area (Å²) >= 11 is 1.13. The van der Waals surface area contributed by atoms with E-state index in [1.54, 1.807) is 43.8 Å². The van der Waals surface area contributed by atoms with Crippen LogP contribution >= 0.6 is 11.3 Å². The van der Waals surface area contributed by atoms with E-state index in [0.29, 0.717) is 26.4 Å². The lowest BCUT2D eigenvalue weighted by molar-refractivity contribution is 0.0531. The Kier molecular flexibility index (Phi) is 4.54. The minimum atomic E-state index is -0.464. The lowest BCUT2D eigenvalue weighted by Crippen LogP contribution is -2.25. The van der Waals surface area contributed by atoms with Gasteiger partial charge in [-0.15, -0.1) is 11.3 Å². The molecule has 25 heavy (non-hydrogen) atoms. The number of carbonyl (C=O) groups is 2. The number of hydrogen-bond donors (Lipinski definition) is 0. The van der Waals surface area contributed by atoms with Gasteiger partial charge < -0.3 is 9.30 Å². The zero-order valence-electron chi connectivity index (χ0n) is 14.1. The Labute approximate surface area is 147 Å². The van der Waals surface area contributed by atoms with E-state index >= 15 is 0 Å². The van der Waals surface area contributed by atoms with Crippen LogP contribution < -0.4 is 5.56 Å². The van der Waals surface area contributed by atoms with Gasteiger partial charge in [0.05, 0.1) is 30.6 Å². The number of aromatic nitrogens is 3. The van der Waals surface area contributed by atoms with Crippen LogP contribution in [0.3, 0.4) is 0 Å². The first-order valence-electron chi connectivity index (χ1n) is 7.74. The molecular weight excluding hydrogens is 342 g/mol. The van der Waals surface area contributed by atoms with E-state index in [1.807, 2.05) is 0 Å². The van der Waals surface area contributed by atoms with Crippen molar-refractivity contribution in [3.8, 4) is 0 Å². The maximum absolute atomic E-state index is 12.8. The van der Waals surface area contributed by atoms with Gasteiger partial charge in [0.15, 0.2) is 5.78 Å². The van der Waals surface area contributed by atoms with E-state index in [-0.39, 0.29) is 24.5 Å². The van der Waals surface area contributed by atoms with Crippen molar-refractivity contribution >= 4 is 33.3 Å². The van der Waals surface area contributed by atoms with Gasteiger partial charge in [0, 0.05) is 13.2 Å². The van der Waals surface area contributed by atoms with Gasteiger partial charge in [0.25, 0.3) is 5.56 Å². The predicted molar refractivity (Wildman–Crippen MR) is 94.3 cm³/mol. The molecule has 0 aliphatic carbocycles. The summed E-state index contributed by atoms with van der Waals surface area (Å²) in [5.74, 6) is -0.650. The van der Waals surface area contributed by atoms with Crippen molar-refractivity contribution in [2.45, 2.75) is 20.4 Å². The molecule has 0 aliphatic heterocycles. The van der Waals surface area contributed by atoms with E-state index in [1.165, 1.54) is 10.9 Å². The van der Waals surface area contributed by atoms with Gasteiger partial charge in [-0.25, -0.2) is 9.78 Å². The van der Waals surface area contributed by atoms with Crippen LogP contribution in [0.2, 0.25) is 0 Å². The summed E-state index contributed by atoms with van der Waals surface area (Å²) in [4.78, 5) is 42.2. The van der Waals surface area contributed by atoms with Gasteiger partial charge >= 0.3 is 5.97 Å². The maximum Gasteiger partial charge on any atom is 0.348 e. The van der Waals surface area contributed by atoms with Crippen LogP contribution in [0.5, 0.6) is 0 Å². The highest BCUT2D eigenvalue weighted by Gasteiger charge is 2.21. The van der Waals surface area contributed by atoms with Crippen LogP contribution in [0, 0.1) is 6.92 Å². The molecule has 7 nitrogen and oxygen atoms in total. The minimum Gasteiger partial charge on any atom is -0.462 e. The average molecular weight is 359 g/mol. The van der Waals surface area contributed by atoms with Gasteiger partial charge in [-0.3, -0.25) is 14.2 Å². The molecule has 0 aliphatic rings. The average Bonchev–Trinajstić information content (AvgIpc) is 3.14. The molecule has 0 atom stereocenters. The summed E-state index contributed by atoms with van der Waals surface area (Å²) in [5, 5.41) is 0.357. The van der Waals surface area contributed by atoms with Gasteiger partial charge in [-0.1, -0.05) is 0 Å². The second-order valence-corrected chi connectivity index (χ2v) is 6.56. The number of nitrogens with zero attached hydrogens (tertiary/aromatic N) is 3. The third kappa shape index (κ3) is 3.00. The van der Waals surface area contributed by atoms with Crippen LogP contribution in [0.15, 0.2) is 29.5 Å². The standard InChI is InChI=1S/C17H17N3O4S/c1-4-24-17(23)14-10(2)13-15(25-14)18-9-20(16(13)22)8-12(21)11-6-5-7-19(11)3/h5-7,9H,4,8H2,1-3H3. The van der Waals surface area contributed by atoms with Crippen LogP contribution in [0.1, 0.15) is 32.6 Å². The highest BCUT2D eigenvalue weighted by Crippen LogP contribution is 2.27. The molecule has 3 rings (SSSR count). The Hall–Kier alpha value is -2.74. The van der Waals surface area contributed by atoms with Gasteiger partial charge in [0.2, 0.25) is 0 Å². The lowest BCUT2D eigenvalue weighted by atomic mass is 10.2. The first kappa shape index (κ1) is 17.1. The van der Waals surface area contributed by atoms with E-state index in [2.05, 4.69) is 4.98 Å². The Morgan fingerprint density at radius 2 is 2.12 bits per heavy atom. The van der Waals surface area contributed by atoms with E-state index in [9.17, 15) is 14.4 Å². The molecule has 0 aromatic carbocycles. The molecule has 0 N–H and O–H groups in total. The summed E-state index contributed by atoms with van der Waals surface area (Å²) in [6.45, 7) is 3.57. The van der Waals surface area contributed by atoms with E-state index in [0.717, 1.165) is 11.3 Å². The fraction of sp³-hybridized carbons (Fsp3) is 0.294. The monoisotopic (exact) mass is 359 g/mol. The first-order chi connectivity index (χ1) is 11.9. The van der Waals surface area contributed by atoms with Gasteiger partial charge in [-0.2, -0.15) is 0 Å². The molecule has 0 fully saturated rings. The van der Waals surface area contributed by atoms with Crippen LogP contribution in [0.25, 0.3) is 10.2 Å². The number of esters is 1. The van der Waals surface area contributed by atoms with Crippen molar-refractivity contribution < 1.29 is 14.3 Å². The summed E-state index contributed by atoms with van der Waals surface area (Å²) < 4.78 is 7.99. The number of fused-ring (bicyclic) bond motifs is 1. The second-order valence-electron chi connectivity index (χ2n) is 5.56.